The van der Waals surface area contributed by atoms with Crippen LogP contribution in [0.25, 0.3) is 0 Å². The maximum atomic E-state index is 13.0. The van der Waals surface area contributed by atoms with Crippen molar-refractivity contribution in [3.8, 4) is 5.75 Å². The molecule has 4 heteroatoms. The summed E-state index contributed by atoms with van der Waals surface area (Å²) in [6.45, 7) is 6.73. The summed E-state index contributed by atoms with van der Waals surface area (Å²) in [7, 11) is 0. The molecule has 0 spiro atoms. The second-order valence-electron chi connectivity index (χ2n) is 7.83. The first-order valence-corrected chi connectivity index (χ1v) is 11.0. The molecule has 0 radical (unpaired) electrons. The molecular weight excluding hydrogens is 372 g/mol. The van der Waals surface area contributed by atoms with Gasteiger partial charge in [-0.25, -0.2) is 4.68 Å². The third kappa shape index (κ3) is 5.59. The van der Waals surface area contributed by atoms with Crippen LogP contribution in [0.15, 0.2) is 54.6 Å². The quantitative estimate of drug-likeness (QED) is 0.374. The Morgan fingerprint density at radius 1 is 0.933 bits per heavy atom. The van der Waals surface area contributed by atoms with Gasteiger partial charge < -0.3 is 4.74 Å². The van der Waals surface area contributed by atoms with Crippen molar-refractivity contribution in [2.45, 2.75) is 65.9 Å². The lowest BCUT2D eigenvalue weighted by atomic mass is 10.0. The first kappa shape index (κ1) is 21.8. The molecule has 0 bridgehead atoms. The third-order valence-corrected chi connectivity index (χ3v) is 5.51. The molecule has 0 aliphatic heterocycles. The topological polar surface area (TPSA) is 44.1 Å². The zero-order valence-corrected chi connectivity index (χ0v) is 18.4. The molecule has 1 aromatic heterocycles. The van der Waals surface area contributed by atoms with Crippen molar-refractivity contribution < 1.29 is 9.53 Å². The summed E-state index contributed by atoms with van der Waals surface area (Å²) in [6.07, 6.45) is 7.19. The van der Waals surface area contributed by atoms with Gasteiger partial charge in [0.2, 0.25) is 0 Å². The van der Waals surface area contributed by atoms with Crippen molar-refractivity contribution in [3.63, 3.8) is 0 Å². The Morgan fingerprint density at radius 3 is 2.33 bits per heavy atom. The number of hydrogen-bond acceptors (Lipinski definition) is 3. The Morgan fingerprint density at radius 2 is 1.63 bits per heavy atom. The van der Waals surface area contributed by atoms with E-state index in [1.165, 1.54) is 31.2 Å². The Balaban J connectivity index is 1.62. The fourth-order valence-electron chi connectivity index (χ4n) is 3.70. The monoisotopic (exact) mass is 404 g/mol. The molecule has 1 heterocycles. The molecule has 4 nitrogen and oxygen atoms in total. The molecule has 0 saturated carbocycles. The first-order chi connectivity index (χ1) is 14.6. The average Bonchev–Trinajstić information content (AvgIpc) is 3.06. The maximum absolute atomic E-state index is 13.0. The Hall–Kier alpha value is -2.88. The highest BCUT2D eigenvalue weighted by atomic mass is 16.5. The second-order valence-corrected chi connectivity index (χ2v) is 7.83. The number of aromatic nitrogens is 2. The van der Waals surface area contributed by atoms with Crippen molar-refractivity contribution in [2.75, 3.05) is 0 Å². The molecule has 0 unspecified atom stereocenters. The van der Waals surface area contributed by atoms with Gasteiger partial charge in [-0.3, -0.25) is 4.79 Å². The van der Waals surface area contributed by atoms with E-state index in [0.717, 1.165) is 35.5 Å². The van der Waals surface area contributed by atoms with Crippen LogP contribution < -0.4 is 4.74 Å². The fourth-order valence-corrected chi connectivity index (χ4v) is 3.70. The zero-order valence-electron chi connectivity index (χ0n) is 18.4. The number of carbonyl (C=O) groups is 1. The van der Waals surface area contributed by atoms with Gasteiger partial charge in [-0.1, -0.05) is 62.9 Å². The van der Waals surface area contributed by atoms with Crippen LogP contribution in [0.3, 0.4) is 0 Å². The highest BCUT2D eigenvalue weighted by Gasteiger charge is 2.17. The summed E-state index contributed by atoms with van der Waals surface area (Å²) in [5.74, 6) is 0.652. The fraction of sp³-hybridized carbons (Fsp3) is 0.385. The highest BCUT2D eigenvalue weighted by molar-refractivity contribution is 5.96. The van der Waals surface area contributed by atoms with Crippen LogP contribution in [0.4, 0.5) is 0 Å². The number of unbranched alkanes of at least 4 members (excludes halogenated alkanes) is 4. The number of carbonyl (C=O) groups excluding carboxylic acids is 1. The van der Waals surface area contributed by atoms with Crippen molar-refractivity contribution in [1.29, 1.82) is 0 Å². The van der Waals surface area contributed by atoms with Crippen LogP contribution in [0, 0.1) is 13.8 Å². The summed E-state index contributed by atoms with van der Waals surface area (Å²) in [4.78, 5) is 13.0. The van der Waals surface area contributed by atoms with E-state index < -0.39 is 0 Å². The van der Waals surface area contributed by atoms with Crippen molar-refractivity contribution in [3.05, 3.63) is 82.7 Å². The SMILES string of the molecule is CCCCCCCc1c(C)nn(C(=O)c2ccc(OCc3ccccc3)cc2)c1C. The normalized spacial score (nSPS) is 10.9. The molecule has 0 amide bonds. The first-order valence-electron chi connectivity index (χ1n) is 11.0. The molecule has 0 aliphatic rings. The van der Waals surface area contributed by atoms with E-state index in [2.05, 4.69) is 12.0 Å². The smallest absolute Gasteiger partial charge is 0.278 e. The van der Waals surface area contributed by atoms with Crippen LogP contribution in [-0.2, 0) is 13.0 Å². The molecule has 0 saturated heterocycles. The summed E-state index contributed by atoms with van der Waals surface area (Å²) >= 11 is 0. The Labute approximate surface area is 179 Å². The molecule has 2 aromatic carbocycles. The average molecular weight is 405 g/mol. The van der Waals surface area contributed by atoms with E-state index in [4.69, 9.17) is 4.74 Å². The molecule has 0 N–H and O–H groups in total. The van der Waals surface area contributed by atoms with Crippen LogP contribution in [0.5, 0.6) is 5.75 Å². The minimum absolute atomic E-state index is 0.0950. The van der Waals surface area contributed by atoms with Crippen molar-refractivity contribution >= 4 is 5.91 Å². The van der Waals surface area contributed by atoms with Gasteiger partial charge in [0.15, 0.2) is 0 Å². The summed E-state index contributed by atoms with van der Waals surface area (Å²) in [5.41, 5.74) is 4.85. The van der Waals surface area contributed by atoms with E-state index in [1.807, 2.05) is 68.4 Å². The standard InChI is InChI=1S/C26H32N2O2/c1-4-5-6-7-11-14-25-20(2)27-28(21(25)3)26(29)23-15-17-24(18-16-23)30-19-22-12-9-8-10-13-22/h8-10,12-13,15-18H,4-7,11,14,19H2,1-3H3. The molecule has 158 valence electrons. The predicted octanol–water partition coefficient (Wildman–Crippen LogP) is 6.28. The van der Waals surface area contributed by atoms with Gasteiger partial charge in [0.05, 0.1) is 5.69 Å². The van der Waals surface area contributed by atoms with E-state index >= 15 is 0 Å². The summed E-state index contributed by atoms with van der Waals surface area (Å²) in [6, 6.07) is 17.3. The minimum Gasteiger partial charge on any atom is -0.489 e. The summed E-state index contributed by atoms with van der Waals surface area (Å²) in [5, 5.41) is 4.54. The predicted molar refractivity (Wildman–Crippen MR) is 121 cm³/mol. The van der Waals surface area contributed by atoms with Gasteiger partial charge in [-0.2, -0.15) is 5.10 Å². The number of rotatable bonds is 10. The number of hydrogen-bond donors (Lipinski definition) is 0. The van der Waals surface area contributed by atoms with Crippen LogP contribution in [-0.4, -0.2) is 15.7 Å². The highest BCUT2D eigenvalue weighted by Crippen LogP contribution is 2.20. The van der Waals surface area contributed by atoms with E-state index in [-0.39, 0.29) is 5.91 Å². The number of ether oxygens (including phenoxy) is 1. The van der Waals surface area contributed by atoms with Crippen LogP contribution in [0.1, 0.15) is 71.9 Å². The molecule has 30 heavy (non-hydrogen) atoms. The van der Waals surface area contributed by atoms with Crippen LogP contribution >= 0.6 is 0 Å². The van der Waals surface area contributed by atoms with Gasteiger partial charge in [0, 0.05) is 11.3 Å². The number of nitrogens with zero attached hydrogens (tertiary/aromatic N) is 2. The van der Waals surface area contributed by atoms with Gasteiger partial charge in [0.1, 0.15) is 12.4 Å². The lowest BCUT2D eigenvalue weighted by Crippen LogP contribution is -2.15. The van der Waals surface area contributed by atoms with E-state index in [9.17, 15) is 4.79 Å². The van der Waals surface area contributed by atoms with E-state index in [0.29, 0.717) is 12.2 Å². The largest absolute Gasteiger partial charge is 0.489 e. The molecule has 3 rings (SSSR count). The van der Waals surface area contributed by atoms with Gasteiger partial charge >= 0.3 is 0 Å². The Bertz CT molecular complexity index is 943. The van der Waals surface area contributed by atoms with Gasteiger partial charge in [-0.15, -0.1) is 0 Å². The summed E-state index contributed by atoms with van der Waals surface area (Å²) < 4.78 is 7.37. The Kier molecular flexibility index (Phi) is 7.83. The number of benzene rings is 2. The molecule has 3 aromatic rings. The zero-order chi connectivity index (χ0) is 21.3. The van der Waals surface area contributed by atoms with Crippen molar-refractivity contribution in [2.24, 2.45) is 0 Å². The van der Waals surface area contributed by atoms with E-state index in [1.54, 1.807) is 4.68 Å². The third-order valence-electron chi connectivity index (χ3n) is 5.51. The second kappa shape index (κ2) is 10.8. The lowest BCUT2D eigenvalue weighted by molar-refractivity contribution is 0.0942. The van der Waals surface area contributed by atoms with Gasteiger partial charge in [-0.05, 0) is 62.1 Å². The molecular formula is C26H32N2O2. The van der Waals surface area contributed by atoms with Gasteiger partial charge in [0.25, 0.3) is 5.91 Å². The number of aryl methyl sites for hydroxylation is 1. The maximum Gasteiger partial charge on any atom is 0.278 e. The van der Waals surface area contributed by atoms with Crippen molar-refractivity contribution in [1.82, 2.24) is 9.78 Å². The molecule has 0 fully saturated rings. The lowest BCUT2D eigenvalue weighted by Gasteiger charge is -2.08. The minimum atomic E-state index is -0.0950. The molecule has 0 atom stereocenters. The van der Waals surface area contributed by atoms with Crippen LogP contribution in [0.2, 0.25) is 0 Å². The molecule has 0 aliphatic carbocycles.